The van der Waals surface area contributed by atoms with Crippen LogP contribution in [-0.4, -0.2) is 35.6 Å². The minimum Gasteiger partial charge on any atom is -0.423 e. The van der Waals surface area contributed by atoms with Crippen molar-refractivity contribution in [2.75, 3.05) is 24.5 Å². The molecule has 0 spiro atoms. The third-order valence-electron chi connectivity index (χ3n) is 4.28. The summed E-state index contributed by atoms with van der Waals surface area (Å²) in [6, 6.07) is 10.2. The number of aromatic nitrogens is 2. The second-order valence-electron chi connectivity index (χ2n) is 5.91. The summed E-state index contributed by atoms with van der Waals surface area (Å²) < 4.78 is 6.11. The van der Waals surface area contributed by atoms with Gasteiger partial charge in [-0.25, -0.2) is 4.85 Å². The molecule has 3 heterocycles. The van der Waals surface area contributed by atoms with Crippen LogP contribution in [0.15, 0.2) is 40.9 Å². The maximum Gasteiger partial charge on any atom is 0.298 e. The van der Waals surface area contributed by atoms with E-state index in [9.17, 15) is 0 Å². The Labute approximate surface area is 139 Å². The van der Waals surface area contributed by atoms with Crippen molar-refractivity contribution in [3.05, 3.63) is 47.9 Å². The van der Waals surface area contributed by atoms with Gasteiger partial charge in [0.05, 0.1) is 12.3 Å². The van der Waals surface area contributed by atoms with Crippen molar-refractivity contribution in [2.45, 2.75) is 13.0 Å². The molecule has 1 aromatic carbocycles. The number of anilines is 1. The van der Waals surface area contributed by atoms with Crippen molar-refractivity contribution in [1.82, 2.24) is 15.3 Å². The van der Waals surface area contributed by atoms with E-state index in [1.54, 1.807) is 12.3 Å². The van der Waals surface area contributed by atoms with Gasteiger partial charge in [0, 0.05) is 37.4 Å². The maximum atomic E-state index is 7.34. The van der Waals surface area contributed by atoms with Crippen LogP contribution in [0.3, 0.4) is 0 Å². The van der Waals surface area contributed by atoms with Gasteiger partial charge in [0.2, 0.25) is 0 Å². The van der Waals surface area contributed by atoms with E-state index in [0.717, 1.165) is 30.9 Å². The van der Waals surface area contributed by atoms with Crippen molar-refractivity contribution in [3.8, 4) is 11.3 Å². The molecule has 6 heteroatoms. The van der Waals surface area contributed by atoms with E-state index >= 15 is 0 Å². The molecule has 0 aliphatic carbocycles. The zero-order valence-electron chi connectivity index (χ0n) is 13.4. The number of piperazine rings is 1. The highest BCUT2D eigenvalue weighted by molar-refractivity contribution is 5.93. The van der Waals surface area contributed by atoms with Crippen LogP contribution in [0.1, 0.15) is 6.92 Å². The summed E-state index contributed by atoms with van der Waals surface area (Å²) in [6.07, 6.45) is 1.74. The van der Waals surface area contributed by atoms with Gasteiger partial charge in [0.1, 0.15) is 5.52 Å². The molecule has 6 nitrogen and oxygen atoms in total. The highest BCUT2D eigenvalue weighted by atomic mass is 16.4. The second-order valence-corrected chi connectivity index (χ2v) is 5.91. The van der Waals surface area contributed by atoms with Gasteiger partial charge in [-0.15, -0.1) is 0 Å². The predicted octanol–water partition coefficient (Wildman–Crippen LogP) is 3.24. The van der Waals surface area contributed by atoms with Crippen LogP contribution in [0, 0.1) is 6.57 Å². The molecule has 0 amide bonds. The van der Waals surface area contributed by atoms with Crippen LogP contribution < -0.4 is 10.2 Å². The molecule has 1 atom stereocenters. The van der Waals surface area contributed by atoms with Gasteiger partial charge in [-0.05, 0) is 31.2 Å². The largest absolute Gasteiger partial charge is 0.423 e. The molecular weight excluding hydrogens is 302 g/mol. The molecule has 120 valence electrons. The third-order valence-corrected chi connectivity index (χ3v) is 4.28. The van der Waals surface area contributed by atoms with Crippen LogP contribution in [0.4, 0.5) is 11.7 Å². The number of rotatable bonds is 2. The Morgan fingerprint density at radius 2 is 2.29 bits per heavy atom. The standard InChI is InChI=1S/C18H17N5O/c1-12-11-20-7-8-23(12)18-22-16-10-13(19-2)9-14(17(16)24-18)15-5-3-4-6-21-15/h3-6,9-10,12,20H,7-8,11H2,1H3/t12-/m0/s1. The van der Waals surface area contributed by atoms with E-state index in [0.29, 0.717) is 28.8 Å². The molecule has 0 radical (unpaired) electrons. The number of pyridine rings is 1. The van der Waals surface area contributed by atoms with E-state index in [1.807, 2.05) is 24.3 Å². The summed E-state index contributed by atoms with van der Waals surface area (Å²) in [5, 5.41) is 3.36. The molecule has 0 bridgehead atoms. The summed E-state index contributed by atoms with van der Waals surface area (Å²) in [6.45, 7) is 12.1. The fourth-order valence-corrected chi connectivity index (χ4v) is 3.03. The number of hydrogen-bond donors (Lipinski definition) is 1. The Balaban J connectivity index is 1.88. The number of nitrogens with one attached hydrogen (secondary N) is 1. The number of fused-ring (bicyclic) bond motifs is 1. The summed E-state index contributed by atoms with van der Waals surface area (Å²) in [4.78, 5) is 14.8. The lowest BCUT2D eigenvalue weighted by molar-refractivity contribution is 0.456. The van der Waals surface area contributed by atoms with Crippen molar-refractivity contribution >= 4 is 22.8 Å². The lowest BCUT2D eigenvalue weighted by atomic mass is 10.1. The van der Waals surface area contributed by atoms with Gasteiger partial charge in [0.15, 0.2) is 11.3 Å². The molecule has 4 rings (SSSR count). The lowest BCUT2D eigenvalue weighted by Gasteiger charge is -2.32. The van der Waals surface area contributed by atoms with E-state index in [4.69, 9.17) is 11.0 Å². The summed E-state index contributed by atoms with van der Waals surface area (Å²) in [5.74, 6) is 0. The first-order valence-electron chi connectivity index (χ1n) is 7.97. The Hall–Kier alpha value is -2.91. The highest BCUT2D eigenvalue weighted by Crippen LogP contribution is 2.35. The smallest absolute Gasteiger partial charge is 0.298 e. The molecular formula is C18H17N5O. The predicted molar refractivity (Wildman–Crippen MR) is 93.2 cm³/mol. The van der Waals surface area contributed by atoms with Crippen LogP contribution in [-0.2, 0) is 0 Å². The zero-order chi connectivity index (χ0) is 16.5. The molecule has 1 N–H and O–H groups in total. The average molecular weight is 319 g/mol. The molecule has 1 fully saturated rings. The summed E-state index contributed by atoms with van der Waals surface area (Å²) in [7, 11) is 0. The SMILES string of the molecule is [C-]#[N+]c1cc(-c2ccccn2)c2oc(N3CCNC[C@@H]3C)nc2c1. The van der Waals surface area contributed by atoms with Crippen molar-refractivity contribution in [2.24, 2.45) is 0 Å². The first kappa shape index (κ1) is 14.7. The average Bonchev–Trinajstić information content (AvgIpc) is 3.05. The molecule has 1 aliphatic rings. The Kier molecular flexibility index (Phi) is 3.63. The summed E-state index contributed by atoms with van der Waals surface area (Å²) in [5.41, 5.74) is 3.51. The molecule has 0 unspecified atom stereocenters. The molecule has 3 aromatic rings. The molecule has 24 heavy (non-hydrogen) atoms. The lowest BCUT2D eigenvalue weighted by Crippen LogP contribution is -2.50. The number of hydrogen-bond acceptors (Lipinski definition) is 5. The fraction of sp³-hybridized carbons (Fsp3) is 0.278. The van der Waals surface area contributed by atoms with E-state index < -0.39 is 0 Å². The first-order valence-corrected chi connectivity index (χ1v) is 7.97. The van der Waals surface area contributed by atoms with Gasteiger partial charge < -0.3 is 14.6 Å². The molecule has 2 aromatic heterocycles. The molecule has 0 saturated carbocycles. The normalized spacial score (nSPS) is 17.8. The van der Waals surface area contributed by atoms with Gasteiger partial charge in [-0.3, -0.25) is 4.98 Å². The summed E-state index contributed by atoms with van der Waals surface area (Å²) >= 11 is 0. The van der Waals surface area contributed by atoms with E-state index in [1.165, 1.54) is 0 Å². The minimum atomic E-state index is 0.311. The first-order chi connectivity index (χ1) is 11.8. The second kappa shape index (κ2) is 5.95. The van der Waals surface area contributed by atoms with Gasteiger partial charge in [-0.1, -0.05) is 6.07 Å². The minimum absolute atomic E-state index is 0.311. The van der Waals surface area contributed by atoms with E-state index in [-0.39, 0.29) is 0 Å². The zero-order valence-corrected chi connectivity index (χ0v) is 13.4. The quantitative estimate of drug-likeness (QED) is 0.735. The Bertz CT molecular complexity index is 912. The van der Waals surface area contributed by atoms with Gasteiger partial charge >= 0.3 is 0 Å². The van der Waals surface area contributed by atoms with Crippen molar-refractivity contribution in [3.63, 3.8) is 0 Å². The molecule has 1 saturated heterocycles. The van der Waals surface area contributed by atoms with Crippen LogP contribution in [0.25, 0.3) is 27.2 Å². The topological polar surface area (TPSA) is 58.6 Å². The monoisotopic (exact) mass is 319 g/mol. The Morgan fingerprint density at radius 3 is 3.04 bits per heavy atom. The van der Waals surface area contributed by atoms with Gasteiger partial charge in [-0.2, -0.15) is 4.98 Å². The number of oxazole rings is 1. The number of nitrogens with zero attached hydrogens (tertiary/aromatic N) is 4. The third kappa shape index (κ3) is 2.49. The number of benzene rings is 1. The molecule has 1 aliphatic heterocycles. The van der Waals surface area contributed by atoms with E-state index in [2.05, 4.69) is 32.0 Å². The van der Waals surface area contributed by atoms with Crippen LogP contribution in [0.5, 0.6) is 0 Å². The van der Waals surface area contributed by atoms with Crippen molar-refractivity contribution < 1.29 is 4.42 Å². The maximum absolute atomic E-state index is 7.34. The fourth-order valence-electron chi connectivity index (χ4n) is 3.03. The van der Waals surface area contributed by atoms with Gasteiger partial charge in [0.25, 0.3) is 6.01 Å². The van der Waals surface area contributed by atoms with Crippen LogP contribution >= 0.6 is 0 Å². The van der Waals surface area contributed by atoms with Crippen LogP contribution in [0.2, 0.25) is 0 Å². The Morgan fingerprint density at radius 1 is 1.38 bits per heavy atom. The highest BCUT2D eigenvalue weighted by Gasteiger charge is 2.24. The van der Waals surface area contributed by atoms with Crippen molar-refractivity contribution in [1.29, 1.82) is 0 Å².